The fourth-order valence-electron chi connectivity index (χ4n) is 0. The third-order valence-corrected chi connectivity index (χ3v) is 0. The van der Waals surface area contributed by atoms with Gasteiger partial charge in [0.2, 0.25) is 0 Å². The van der Waals surface area contributed by atoms with Gasteiger partial charge in [-0.15, -0.1) is 0 Å². The molecule has 0 aromatic rings. The predicted molar refractivity (Wildman–Crippen MR) is 17.6 cm³/mol. The molecule has 1 radical (unpaired) electrons. The van der Waals surface area contributed by atoms with E-state index in [9.17, 15) is 0 Å². The monoisotopic (exact) mass is 575 g/mol. The summed E-state index contributed by atoms with van der Waals surface area (Å²) in [5, 5.41) is 0. The van der Waals surface area contributed by atoms with Gasteiger partial charge in [0.15, 0.2) is 0 Å². The molecule has 45 valence electrons. The van der Waals surface area contributed by atoms with Crippen LogP contribution in [0.4, 0.5) is 0 Å². The number of hydrogen-bond donors (Lipinski definition) is 0. The van der Waals surface area contributed by atoms with Crippen LogP contribution in [0.15, 0.2) is 0 Å². The Labute approximate surface area is 123 Å². The maximum atomic E-state index is 4.99. The van der Waals surface area contributed by atoms with Crippen molar-refractivity contribution in [3.8, 4) is 0 Å². The van der Waals surface area contributed by atoms with Gasteiger partial charge in [-0.3, -0.25) is 0 Å². The topological polar surface area (TPSA) is 0 Å². The molecule has 0 spiro atoms. The van der Waals surface area contributed by atoms with Crippen molar-refractivity contribution in [2.75, 3.05) is 0 Å². The van der Waals surface area contributed by atoms with Crippen molar-refractivity contribution in [3.63, 3.8) is 0 Å². The third kappa shape index (κ3) is 23.0. The van der Waals surface area contributed by atoms with Crippen molar-refractivity contribution in [3.05, 3.63) is 0 Å². The maximum absolute atomic E-state index is 4.99. The summed E-state index contributed by atoms with van der Waals surface area (Å²) < 4.78 is 15.0. The molecule has 0 unspecified atom stereocenters. The van der Waals surface area contributed by atoms with Gasteiger partial charge in [-0.1, -0.05) is 0 Å². The molecule has 0 heterocycles. The summed E-state index contributed by atoms with van der Waals surface area (Å²) in [4.78, 5) is 0. The minimum Gasteiger partial charge on any atom is 0 e. The first-order valence-electron chi connectivity index (χ1n) is 0.429. The Hall–Kier alpha value is 5.06. The van der Waals surface area contributed by atoms with E-state index >= 15 is 0 Å². The molecule has 0 amide bonds. The van der Waals surface area contributed by atoms with Crippen LogP contribution in [0, 0.1) is 116 Å². The minimum absolute atomic E-state index is 0. The van der Waals surface area contributed by atoms with Crippen molar-refractivity contribution >= 4 is 12.5 Å². The normalized spacial score (nSPS) is 7.50. The van der Waals surface area contributed by atoms with Crippen molar-refractivity contribution in [1.29, 1.82) is 0 Å². The Morgan fingerprint density at radius 3 is 1.00 bits per heavy atom. The molecule has 6 heteroatoms. The zero-order chi connectivity index (χ0) is 3.58. The van der Waals surface area contributed by atoms with Gasteiger partial charge in [-0.05, 0) is 0 Å². The molecule has 0 aromatic heterocycles. The van der Waals surface area contributed by atoms with E-state index in [0.29, 0.717) is 0 Å². The zero-order valence-corrected chi connectivity index (χ0v) is 11.3. The molecular formula is Cl3EuGdTb. The summed E-state index contributed by atoms with van der Waals surface area (Å²) in [6, 6.07) is 0. The fourth-order valence-corrected chi connectivity index (χ4v) is 0. The van der Waals surface area contributed by atoms with Gasteiger partial charge in [-0.2, -0.15) is 0 Å². The molecule has 0 nitrogen and oxygen atoms in total. The van der Waals surface area contributed by atoms with E-state index < -0.39 is 37.0 Å². The molecular weight excluding hydrogens is 574 g/mol. The second-order valence-electron chi connectivity index (χ2n) is 0.162. The molecule has 0 rings (SSSR count). The van der Waals surface area contributed by atoms with Crippen LogP contribution < -0.4 is 0 Å². The van der Waals surface area contributed by atoms with Crippen LogP contribution >= 0.6 is 12.5 Å². The van der Waals surface area contributed by atoms with Gasteiger partial charge >= 0.3 is 49.4 Å². The standard InChI is InChI=1S/3ClH.Eu.Gd.Tb/h3*1H;;;/q;;;+3;;/p-3. The second-order valence-corrected chi connectivity index (χ2v) is 10.8. The Bertz CT molecular complexity index is 15.5. The van der Waals surface area contributed by atoms with E-state index in [1.807, 2.05) is 0 Å². The van der Waals surface area contributed by atoms with E-state index in [4.69, 9.17) is 12.5 Å². The average Bonchev–Trinajstić information content (AvgIpc) is 0.811. The van der Waals surface area contributed by atoms with Gasteiger partial charge < -0.3 is 0 Å². The predicted octanol–water partition coefficient (Wildman–Crippen LogP) is 2.07. The number of rotatable bonds is 0. The summed E-state index contributed by atoms with van der Waals surface area (Å²) in [6.45, 7) is 0. The first-order valence-corrected chi connectivity index (χ1v) is 9.54. The summed E-state index contributed by atoms with van der Waals surface area (Å²) >= 11 is -2.05. The molecule has 0 aliphatic heterocycles. The van der Waals surface area contributed by atoms with E-state index in [1.165, 1.54) is 0 Å². The average molecular weight is 574 g/mol. The SMILES string of the molecule is [Cl][Eu]([Cl])[Cl].[Gd].[Tb]. The van der Waals surface area contributed by atoms with Crippen LogP contribution in [0.5, 0.6) is 0 Å². The number of halogens is 3. The molecule has 0 aliphatic carbocycles. The van der Waals surface area contributed by atoms with Crippen LogP contribution in [-0.4, -0.2) is 0 Å². The molecule has 0 aliphatic rings. The van der Waals surface area contributed by atoms with Gasteiger partial charge in [-0.25, -0.2) is 0 Å². The quantitative estimate of drug-likeness (QED) is 0.416. The largest absolute Gasteiger partial charge is 0 e. The number of hydrogen-bond acceptors (Lipinski definition) is 0. The van der Waals surface area contributed by atoms with E-state index in [1.54, 1.807) is 0 Å². The minimum atomic E-state index is -2.05. The van der Waals surface area contributed by atoms with Crippen molar-refractivity contribution in [2.45, 2.75) is 0 Å². The maximum Gasteiger partial charge on any atom is 0 e. The summed E-state index contributed by atoms with van der Waals surface area (Å²) in [6.07, 6.45) is 0. The van der Waals surface area contributed by atoms with E-state index in [-0.39, 0.29) is 78.6 Å². The molecule has 0 saturated carbocycles. The van der Waals surface area contributed by atoms with Gasteiger partial charge in [0, 0.05) is 78.6 Å². The molecule has 0 fully saturated rings. The van der Waals surface area contributed by atoms with Crippen LogP contribution in [-0.2, 0) is 0 Å². The first-order chi connectivity index (χ1) is 1.73. The van der Waals surface area contributed by atoms with Gasteiger partial charge in [0.1, 0.15) is 0 Å². The van der Waals surface area contributed by atoms with Crippen LogP contribution in [0.2, 0.25) is 0 Å². The summed E-state index contributed by atoms with van der Waals surface area (Å²) in [7, 11) is 0. The smallest absolute Gasteiger partial charge is 0 e. The molecule has 0 aromatic carbocycles. The van der Waals surface area contributed by atoms with Crippen LogP contribution in [0.3, 0.4) is 0 Å². The fraction of sp³-hybridized carbons (Fsp3) is 0. The van der Waals surface area contributed by atoms with Crippen molar-refractivity contribution in [1.82, 2.24) is 0 Å². The van der Waals surface area contributed by atoms with E-state index in [2.05, 4.69) is 0 Å². The van der Waals surface area contributed by atoms with E-state index in [0.717, 1.165) is 0 Å². The Morgan fingerprint density at radius 1 is 1.00 bits per heavy atom. The Kier molecular flexibility index (Phi) is 36.5. The van der Waals surface area contributed by atoms with Crippen LogP contribution in [0.25, 0.3) is 0 Å². The molecule has 6 heavy (non-hydrogen) atoms. The first kappa shape index (κ1) is 17.2. The summed E-state index contributed by atoms with van der Waals surface area (Å²) in [5.41, 5.74) is 0. The zero-order valence-electron chi connectivity index (χ0n) is 2.20. The van der Waals surface area contributed by atoms with Gasteiger partial charge in [0.25, 0.3) is 0 Å². The van der Waals surface area contributed by atoms with Gasteiger partial charge in [0.05, 0.1) is 0 Å². The molecule has 0 bridgehead atoms. The Morgan fingerprint density at radius 2 is 1.00 bits per heavy atom. The molecule has 0 atom stereocenters. The second kappa shape index (κ2) is 12.7. The molecule has 0 N–H and O–H groups in total. The summed E-state index contributed by atoms with van der Waals surface area (Å²) in [5.74, 6) is 0. The van der Waals surface area contributed by atoms with Crippen molar-refractivity contribution < 1.29 is 116 Å². The van der Waals surface area contributed by atoms with Crippen molar-refractivity contribution in [2.24, 2.45) is 0 Å². The molecule has 0 saturated heterocycles. The Balaban J connectivity index is -0.0000000450. The third-order valence-electron chi connectivity index (χ3n) is 0. The van der Waals surface area contributed by atoms with Crippen LogP contribution in [0.1, 0.15) is 0 Å².